The second-order valence-electron chi connectivity index (χ2n) is 8.56. The van der Waals surface area contributed by atoms with Crippen molar-refractivity contribution in [2.45, 2.75) is 6.42 Å². The summed E-state index contributed by atoms with van der Waals surface area (Å²) < 4.78 is 5.57. The van der Waals surface area contributed by atoms with Crippen LogP contribution in [0.5, 0.6) is 5.75 Å². The van der Waals surface area contributed by atoms with E-state index < -0.39 is 22.7 Å². The van der Waals surface area contributed by atoms with E-state index in [1.54, 1.807) is 24.3 Å². The van der Waals surface area contributed by atoms with Crippen LogP contribution in [0.25, 0.3) is 0 Å². The summed E-state index contributed by atoms with van der Waals surface area (Å²) in [7, 11) is 0. The summed E-state index contributed by atoms with van der Waals surface area (Å²) in [6.07, 6.45) is 5.93. The first-order valence-electron chi connectivity index (χ1n) is 10.9. The summed E-state index contributed by atoms with van der Waals surface area (Å²) in [5.41, 5.74) is 0.438. The summed E-state index contributed by atoms with van der Waals surface area (Å²) in [6, 6.07) is 10.3. The number of rotatable bonds is 7. The lowest BCUT2D eigenvalue weighted by molar-refractivity contribution is -0.384. The highest BCUT2D eigenvalue weighted by Crippen LogP contribution is 2.52. The van der Waals surface area contributed by atoms with Crippen LogP contribution in [-0.4, -0.2) is 40.5 Å². The van der Waals surface area contributed by atoms with Crippen molar-refractivity contribution in [2.75, 3.05) is 11.9 Å². The van der Waals surface area contributed by atoms with Crippen molar-refractivity contribution >= 4 is 46.9 Å². The smallest absolute Gasteiger partial charge is 0.270 e. The topological polar surface area (TPSA) is 131 Å². The average Bonchev–Trinajstić information content (AvgIpc) is 3.52. The van der Waals surface area contributed by atoms with E-state index in [0.29, 0.717) is 10.7 Å². The molecule has 178 valence electrons. The summed E-state index contributed by atoms with van der Waals surface area (Å²) in [5, 5.41) is 19.3. The molecule has 10 nitrogen and oxygen atoms in total. The van der Waals surface area contributed by atoms with Crippen molar-refractivity contribution in [3.63, 3.8) is 0 Å². The summed E-state index contributed by atoms with van der Waals surface area (Å²) in [4.78, 5) is 48.6. The Labute approximate surface area is 204 Å². The standard InChI is InChI=1S/C24H19ClN4O6/c25-16-3-5-17(6-4-16)27-20(30)12-35-19-8-7-18(29(33)34)10-15(19)11-26-28-23(31)21-13-1-2-14(9-13)22(21)24(28)32/h1-8,10-11,13-14,21-22H,9,12H2,(H,27,30)/t13-,14-,21-,22+/m0/s1. The van der Waals surface area contributed by atoms with Gasteiger partial charge in [-0.25, -0.2) is 0 Å². The first-order valence-corrected chi connectivity index (χ1v) is 11.3. The molecule has 0 aromatic heterocycles. The van der Waals surface area contributed by atoms with Crippen LogP contribution in [0.2, 0.25) is 5.02 Å². The highest BCUT2D eigenvalue weighted by atomic mass is 35.5. The number of halogens is 1. The van der Waals surface area contributed by atoms with E-state index in [-0.39, 0.29) is 47.3 Å². The number of ether oxygens (including phenoxy) is 1. The number of hydrogen-bond acceptors (Lipinski definition) is 7. The minimum Gasteiger partial charge on any atom is -0.483 e. The number of fused-ring (bicyclic) bond motifs is 5. The molecule has 2 aromatic rings. The predicted molar refractivity (Wildman–Crippen MR) is 126 cm³/mol. The van der Waals surface area contributed by atoms with Crippen LogP contribution in [0.1, 0.15) is 12.0 Å². The monoisotopic (exact) mass is 494 g/mol. The van der Waals surface area contributed by atoms with E-state index in [9.17, 15) is 24.5 Å². The number of hydrogen-bond donors (Lipinski definition) is 1. The molecule has 3 amide bonds. The van der Waals surface area contributed by atoms with Gasteiger partial charge < -0.3 is 10.1 Å². The van der Waals surface area contributed by atoms with Crippen molar-refractivity contribution in [3.05, 3.63) is 75.3 Å². The van der Waals surface area contributed by atoms with E-state index in [1.807, 2.05) is 12.2 Å². The van der Waals surface area contributed by atoms with E-state index in [1.165, 1.54) is 24.4 Å². The van der Waals surface area contributed by atoms with Gasteiger partial charge in [-0.05, 0) is 48.6 Å². The molecule has 4 atom stereocenters. The van der Waals surface area contributed by atoms with Crippen molar-refractivity contribution in [3.8, 4) is 5.75 Å². The third-order valence-electron chi connectivity index (χ3n) is 6.45. The van der Waals surface area contributed by atoms with Gasteiger partial charge in [0.25, 0.3) is 23.4 Å². The zero-order valence-corrected chi connectivity index (χ0v) is 18.9. The zero-order valence-electron chi connectivity index (χ0n) is 18.2. The van der Waals surface area contributed by atoms with Gasteiger partial charge in [-0.3, -0.25) is 24.5 Å². The van der Waals surface area contributed by atoms with Crippen LogP contribution in [0, 0.1) is 33.8 Å². The second-order valence-corrected chi connectivity index (χ2v) is 8.99. The summed E-state index contributed by atoms with van der Waals surface area (Å²) in [5.74, 6) is -1.82. The van der Waals surface area contributed by atoms with E-state index in [4.69, 9.17) is 16.3 Å². The minimum absolute atomic E-state index is 0.0394. The van der Waals surface area contributed by atoms with E-state index >= 15 is 0 Å². The maximum atomic E-state index is 12.8. The van der Waals surface area contributed by atoms with Gasteiger partial charge in [0.1, 0.15) is 5.75 Å². The van der Waals surface area contributed by atoms with Crippen molar-refractivity contribution in [2.24, 2.45) is 28.8 Å². The molecule has 0 spiro atoms. The van der Waals surface area contributed by atoms with Gasteiger partial charge in [0, 0.05) is 28.4 Å². The lowest BCUT2D eigenvalue weighted by Gasteiger charge is -2.13. The van der Waals surface area contributed by atoms with E-state index in [2.05, 4.69) is 10.4 Å². The molecule has 2 aromatic carbocycles. The number of nitrogens with one attached hydrogen (secondary N) is 1. The fraction of sp³-hybridized carbons (Fsp3) is 0.250. The van der Waals surface area contributed by atoms with E-state index in [0.717, 1.165) is 11.4 Å². The molecule has 2 fully saturated rings. The van der Waals surface area contributed by atoms with Crippen LogP contribution in [0.3, 0.4) is 0 Å². The SMILES string of the molecule is O=C(COc1ccc([N+](=O)[O-])cc1C=NN1C(=O)[C@@H]2[C@H](C1=O)[C@H]1C=C[C@H]2C1)Nc1ccc(Cl)cc1. The van der Waals surface area contributed by atoms with Gasteiger partial charge in [0.15, 0.2) is 6.61 Å². The number of nitro groups is 1. The average molecular weight is 495 g/mol. The Morgan fingerprint density at radius 1 is 1.14 bits per heavy atom. The number of amides is 3. The molecule has 0 radical (unpaired) electrons. The molecule has 35 heavy (non-hydrogen) atoms. The number of non-ortho nitro benzene ring substituents is 1. The molecule has 5 rings (SSSR count). The molecule has 1 saturated heterocycles. The molecule has 3 aliphatic rings. The Bertz CT molecular complexity index is 1260. The molecule has 1 heterocycles. The fourth-order valence-electron chi connectivity index (χ4n) is 4.88. The Balaban J connectivity index is 1.32. The van der Waals surface area contributed by atoms with Crippen molar-refractivity contribution in [1.82, 2.24) is 5.01 Å². The van der Waals surface area contributed by atoms with Crippen LogP contribution in [0.4, 0.5) is 11.4 Å². The summed E-state index contributed by atoms with van der Waals surface area (Å²) in [6.45, 7) is -0.387. The molecule has 0 unspecified atom stereocenters. The van der Waals surface area contributed by atoms with Gasteiger partial charge >= 0.3 is 0 Å². The first-order chi connectivity index (χ1) is 16.8. The van der Waals surface area contributed by atoms with Gasteiger partial charge in [0.2, 0.25) is 0 Å². The van der Waals surface area contributed by atoms with Crippen molar-refractivity contribution < 1.29 is 24.0 Å². The Hall–Kier alpha value is -4.05. The lowest BCUT2D eigenvalue weighted by Crippen LogP contribution is -2.28. The molecule has 2 aliphatic carbocycles. The number of hydrazone groups is 1. The maximum Gasteiger partial charge on any atom is 0.270 e. The number of nitrogens with zero attached hydrogens (tertiary/aromatic N) is 3. The lowest BCUT2D eigenvalue weighted by atomic mass is 9.85. The molecular formula is C24H19ClN4O6. The molecule has 2 bridgehead atoms. The number of allylic oxidation sites excluding steroid dienone is 2. The third-order valence-corrected chi connectivity index (χ3v) is 6.70. The maximum absolute atomic E-state index is 12.8. The number of carbonyl (C=O) groups excluding carboxylic acids is 3. The third kappa shape index (κ3) is 4.28. The van der Waals surface area contributed by atoms with Crippen LogP contribution in [0.15, 0.2) is 59.7 Å². The van der Waals surface area contributed by atoms with Crippen LogP contribution >= 0.6 is 11.6 Å². The molecular weight excluding hydrogens is 476 g/mol. The van der Waals surface area contributed by atoms with Gasteiger partial charge in [-0.1, -0.05) is 23.8 Å². The van der Waals surface area contributed by atoms with Gasteiger partial charge in [-0.2, -0.15) is 10.1 Å². The molecule has 1 N–H and O–H groups in total. The zero-order chi connectivity index (χ0) is 24.7. The molecule has 1 aliphatic heterocycles. The first kappa shape index (κ1) is 22.7. The van der Waals surface area contributed by atoms with Gasteiger partial charge in [0.05, 0.1) is 23.0 Å². The van der Waals surface area contributed by atoms with Crippen LogP contribution < -0.4 is 10.1 Å². The Morgan fingerprint density at radius 3 is 2.43 bits per heavy atom. The second kappa shape index (κ2) is 8.95. The fourth-order valence-corrected chi connectivity index (χ4v) is 5.00. The predicted octanol–water partition coefficient (Wildman–Crippen LogP) is 3.41. The van der Waals surface area contributed by atoms with Crippen molar-refractivity contribution in [1.29, 1.82) is 0 Å². The Kier molecular flexibility index (Phi) is 5.81. The minimum atomic E-state index is -0.589. The van der Waals surface area contributed by atoms with Crippen LogP contribution in [-0.2, 0) is 14.4 Å². The molecule has 11 heteroatoms. The number of benzene rings is 2. The largest absolute Gasteiger partial charge is 0.483 e. The Morgan fingerprint density at radius 2 is 1.80 bits per heavy atom. The number of anilines is 1. The van der Waals surface area contributed by atoms with Gasteiger partial charge in [-0.15, -0.1) is 0 Å². The normalized spacial score (nSPS) is 24.3. The number of nitro benzene ring substituents is 1. The highest BCUT2D eigenvalue weighted by Gasteiger charge is 2.59. The number of carbonyl (C=O) groups is 3. The summed E-state index contributed by atoms with van der Waals surface area (Å²) >= 11 is 5.84. The highest BCUT2D eigenvalue weighted by molar-refractivity contribution is 6.30. The number of imide groups is 1. The molecule has 1 saturated carbocycles. The quantitative estimate of drug-likeness (QED) is 0.206.